The molecule has 0 fully saturated rings. The monoisotopic (exact) mass is 1040 g/mol. The average Bonchev–Trinajstić information content (AvgIpc) is 3.36. The number of hydrogen-bond acceptors (Lipinski definition) is 12. The molecule has 0 saturated heterocycles. The molecule has 3 unspecified atom stereocenters. The van der Waals surface area contributed by atoms with E-state index in [-0.39, 0.29) is 93.0 Å². The lowest BCUT2D eigenvalue weighted by Gasteiger charge is -2.31. The molecule has 0 saturated carbocycles. The highest BCUT2D eigenvalue weighted by atomic mass is 16.6. The van der Waals surface area contributed by atoms with Gasteiger partial charge in [-0.05, 0) is 117 Å². The minimum absolute atomic E-state index is 0.0155. The van der Waals surface area contributed by atoms with Crippen molar-refractivity contribution in [2.75, 3.05) is 40.4 Å². The summed E-state index contributed by atoms with van der Waals surface area (Å²) in [4.78, 5) is 82.1. The van der Waals surface area contributed by atoms with E-state index in [9.17, 15) is 28.8 Å². The smallest absolute Gasteiger partial charge is 0.306 e. The molecule has 0 aliphatic heterocycles. The fourth-order valence-electron chi connectivity index (χ4n) is 9.05. The van der Waals surface area contributed by atoms with Crippen molar-refractivity contribution >= 4 is 35.8 Å². The number of carbonyl (C=O) groups excluding carboxylic acids is 6. The van der Waals surface area contributed by atoms with Crippen LogP contribution in [-0.4, -0.2) is 110 Å². The van der Waals surface area contributed by atoms with E-state index in [1.807, 2.05) is 14.1 Å². The summed E-state index contributed by atoms with van der Waals surface area (Å²) in [5.74, 6) is -1.59. The third kappa shape index (κ3) is 42.7. The van der Waals surface area contributed by atoms with Gasteiger partial charge in [-0.3, -0.25) is 28.8 Å². The zero-order valence-electron chi connectivity index (χ0n) is 48.4. The summed E-state index contributed by atoms with van der Waals surface area (Å²) in [6.45, 7) is 13.8. The molecule has 1 amide bonds. The Labute approximate surface area is 446 Å². The zero-order chi connectivity index (χ0) is 54.2. The first-order chi connectivity index (χ1) is 35.3. The summed E-state index contributed by atoms with van der Waals surface area (Å²) < 4.78 is 28.9. The minimum Gasteiger partial charge on any atom is -0.463 e. The topological polar surface area (TPSA) is 155 Å². The van der Waals surface area contributed by atoms with Crippen LogP contribution in [0.4, 0.5) is 0 Å². The SMILES string of the molecule is CCCCCCC(CCC)OC(=O)CCC(=O)N(CCCCCN(C)C)C(COC(=O)CCCCCCCCC(=O)OC(CC)CCCCC)COC(=O)CCCCCCCCC(=O)OC(CC)CCCCC. The highest BCUT2D eigenvalue weighted by Crippen LogP contribution is 2.19. The second kappa shape index (κ2) is 49.6. The summed E-state index contributed by atoms with van der Waals surface area (Å²) in [7, 11) is 4.06. The van der Waals surface area contributed by atoms with Gasteiger partial charge >= 0.3 is 29.8 Å². The Morgan fingerprint density at radius 3 is 1.14 bits per heavy atom. The van der Waals surface area contributed by atoms with E-state index >= 15 is 0 Å². The Hall–Kier alpha value is -3.22. The van der Waals surface area contributed by atoms with Gasteiger partial charge in [0, 0.05) is 38.6 Å². The molecule has 0 bridgehead atoms. The number of rotatable bonds is 52. The number of amides is 1. The standard InChI is InChI=1S/C60H112N2O11/c1-9-15-18-30-40-54(37-12-4)73-60(68)46-45-55(63)62(48-36-27-35-47-61(7)8)51(49-69-56(64)41-31-23-19-21-25-33-43-58(66)71-52(13-5)38-28-16-10-2)50-70-57(65)42-32-24-20-22-26-34-44-59(67)72-53(14-6)39-29-17-11-3/h51-54H,9-50H2,1-8H3. The molecule has 13 nitrogen and oxygen atoms in total. The van der Waals surface area contributed by atoms with Crippen LogP contribution in [-0.2, 0) is 52.5 Å². The van der Waals surface area contributed by atoms with Crippen molar-refractivity contribution in [3.05, 3.63) is 0 Å². The van der Waals surface area contributed by atoms with Crippen molar-refractivity contribution in [3.8, 4) is 0 Å². The first-order valence-electron chi connectivity index (χ1n) is 30.2. The van der Waals surface area contributed by atoms with Gasteiger partial charge in [0.25, 0.3) is 0 Å². The quantitative estimate of drug-likeness (QED) is 0.0323. The summed E-state index contributed by atoms with van der Waals surface area (Å²) >= 11 is 0. The number of ether oxygens (including phenoxy) is 5. The van der Waals surface area contributed by atoms with E-state index in [0.717, 1.165) is 193 Å². The molecule has 73 heavy (non-hydrogen) atoms. The highest BCUT2D eigenvalue weighted by molar-refractivity contribution is 5.82. The third-order valence-electron chi connectivity index (χ3n) is 13.8. The number of hydrogen-bond donors (Lipinski definition) is 0. The molecular weight excluding hydrogens is 925 g/mol. The van der Waals surface area contributed by atoms with Crippen LogP contribution in [0.1, 0.15) is 286 Å². The number of nitrogens with zero attached hydrogens (tertiary/aromatic N) is 2. The van der Waals surface area contributed by atoms with Crippen molar-refractivity contribution in [2.24, 2.45) is 0 Å². The zero-order valence-corrected chi connectivity index (χ0v) is 48.4. The first-order valence-corrected chi connectivity index (χ1v) is 30.2. The van der Waals surface area contributed by atoms with E-state index in [1.165, 1.54) is 0 Å². The molecule has 0 aromatic heterocycles. The van der Waals surface area contributed by atoms with Gasteiger partial charge in [0.15, 0.2) is 0 Å². The summed E-state index contributed by atoms with van der Waals surface area (Å²) in [5, 5.41) is 0. The van der Waals surface area contributed by atoms with Gasteiger partial charge in [-0.25, -0.2) is 0 Å². The van der Waals surface area contributed by atoms with Crippen LogP contribution in [0.2, 0.25) is 0 Å². The first kappa shape index (κ1) is 69.8. The maximum atomic E-state index is 14.1. The lowest BCUT2D eigenvalue weighted by atomic mass is 10.1. The molecule has 0 N–H and O–H groups in total. The van der Waals surface area contributed by atoms with E-state index < -0.39 is 6.04 Å². The van der Waals surface area contributed by atoms with Gasteiger partial charge in [0.05, 0.1) is 12.5 Å². The van der Waals surface area contributed by atoms with Gasteiger partial charge in [-0.15, -0.1) is 0 Å². The van der Waals surface area contributed by atoms with Crippen molar-refractivity contribution in [1.29, 1.82) is 0 Å². The van der Waals surface area contributed by atoms with E-state index in [1.54, 1.807) is 4.90 Å². The van der Waals surface area contributed by atoms with Gasteiger partial charge in [-0.2, -0.15) is 0 Å². The Bertz CT molecular complexity index is 1310. The van der Waals surface area contributed by atoms with Crippen molar-refractivity contribution in [2.45, 2.75) is 310 Å². The second-order valence-corrected chi connectivity index (χ2v) is 21.0. The summed E-state index contributed by atoms with van der Waals surface area (Å²) in [6.07, 6.45) is 31.2. The van der Waals surface area contributed by atoms with Crippen LogP contribution < -0.4 is 0 Å². The highest BCUT2D eigenvalue weighted by Gasteiger charge is 2.28. The maximum Gasteiger partial charge on any atom is 0.306 e. The van der Waals surface area contributed by atoms with Crippen molar-refractivity contribution in [1.82, 2.24) is 9.80 Å². The van der Waals surface area contributed by atoms with Crippen LogP contribution in [0, 0.1) is 0 Å². The van der Waals surface area contributed by atoms with Crippen LogP contribution >= 0.6 is 0 Å². The molecule has 0 spiro atoms. The van der Waals surface area contributed by atoms with Crippen LogP contribution in [0.5, 0.6) is 0 Å². The fraction of sp³-hybridized carbons (Fsp3) is 0.900. The summed E-state index contributed by atoms with van der Waals surface area (Å²) in [5.41, 5.74) is 0. The van der Waals surface area contributed by atoms with Gasteiger partial charge in [-0.1, -0.05) is 151 Å². The largest absolute Gasteiger partial charge is 0.463 e. The van der Waals surface area contributed by atoms with Crippen LogP contribution in [0.25, 0.3) is 0 Å². The minimum atomic E-state index is -0.706. The molecule has 0 heterocycles. The third-order valence-corrected chi connectivity index (χ3v) is 13.8. The Kier molecular flexibility index (Phi) is 47.5. The molecule has 13 heteroatoms. The predicted molar refractivity (Wildman–Crippen MR) is 295 cm³/mol. The lowest BCUT2D eigenvalue weighted by Crippen LogP contribution is -2.47. The lowest BCUT2D eigenvalue weighted by molar-refractivity contribution is -0.155. The molecule has 0 aliphatic carbocycles. The Morgan fingerprint density at radius 2 is 0.699 bits per heavy atom. The Balaban J connectivity index is 5.47. The van der Waals surface area contributed by atoms with E-state index in [4.69, 9.17) is 23.7 Å². The van der Waals surface area contributed by atoms with Gasteiger partial charge in [0.1, 0.15) is 31.5 Å². The molecule has 0 aliphatic rings. The van der Waals surface area contributed by atoms with Crippen molar-refractivity contribution < 1.29 is 52.5 Å². The second-order valence-electron chi connectivity index (χ2n) is 21.0. The molecule has 0 radical (unpaired) electrons. The molecular formula is C60H112N2O11. The van der Waals surface area contributed by atoms with E-state index in [2.05, 4.69) is 46.4 Å². The van der Waals surface area contributed by atoms with Crippen molar-refractivity contribution in [3.63, 3.8) is 0 Å². The van der Waals surface area contributed by atoms with Crippen LogP contribution in [0.15, 0.2) is 0 Å². The van der Waals surface area contributed by atoms with Gasteiger partial charge < -0.3 is 33.5 Å². The Morgan fingerprint density at radius 1 is 0.342 bits per heavy atom. The molecule has 428 valence electrons. The fourth-order valence-corrected chi connectivity index (χ4v) is 9.05. The molecule has 0 aromatic carbocycles. The molecule has 0 rings (SSSR count). The van der Waals surface area contributed by atoms with Crippen LogP contribution in [0.3, 0.4) is 0 Å². The van der Waals surface area contributed by atoms with Gasteiger partial charge in [0.2, 0.25) is 5.91 Å². The molecule has 3 atom stereocenters. The maximum absolute atomic E-state index is 14.1. The molecule has 0 aromatic rings. The number of unbranched alkanes of at least 4 members (excludes halogenated alkanes) is 19. The van der Waals surface area contributed by atoms with E-state index in [0.29, 0.717) is 38.6 Å². The summed E-state index contributed by atoms with van der Waals surface area (Å²) in [6, 6.07) is -0.706. The number of esters is 5. The average molecular weight is 1040 g/mol. The number of carbonyl (C=O) groups is 6. The normalized spacial score (nSPS) is 13.0. The predicted octanol–water partition coefficient (Wildman–Crippen LogP) is 14.5.